The van der Waals surface area contributed by atoms with Gasteiger partial charge in [0.2, 0.25) is 5.91 Å². The summed E-state index contributed by atoms with van der Waals surface area (Å²) in [6.45, 7) is 7.85. The van der Waals surface area contributed by atoms with Crippen LogP contribution in [-0.4, -0.2) is 66.7 Å². The van der Waals surface area contributed by atoms with E-state index in [2.05, 4.69) is 37.0 Å². The minimum absolute atomic E-state index is 0.158. The third kappa shape index (κ3) is 5.98. The molecule has 12 heteroatoms. The van der Waals surface area contributed by atoms with E-state index in [0.29, 0.717) is 45.4 Å². The molecule has 10 nitrogen and oxygen atoms in total. The van der Waals surface area contributed by atoms with Crippen LogP contribution in [0.3, 0.4) is 0 Å². The van der Waals surface area contributed by atoms with Gasteiger partial charge >= 0.3 is 0 Å². The molecule has 2 aliphatic heterocycles. The Morgan fingerprint density at radius 1 is 1.10 bits per heavy atom. The standard InChI is InChI=1S/C30H33Cl2N7O3/c1-3-29(40)36-22-15-23(26(41-2)16-25(22)38-12-10-37(11-13-38)19-7-8-19)35-27-17-28(34-18-33-27)39-24(9-14-42-39)20-5-4-6-21(31)30(20)32/h3-6,15-19,24H,1,7-14H2,2H3,(H,36,40)(H,33,34,35). The molecule has 0 bridgehead atoms. The molecule has 1 atom stereocenters. The van der Waals surface area contributed by atoms with Gasteiger partial charge in [-0.05, 0) is 36.6 Å². The van der Waals surface area contributed by atoms with Crippen LogP contribution in [0.4, 0.5) is 28.7 Å². The highest BCUT2D eigenvalue weighted by Gasteiger charge is 2.33. The second-order valence-corrected chi connectivity index (χ2v) is 11.3. The van der Waals surface area contributed by atoms with Crippen molar-refractivity contribution in [2.24, 2.45) is 0 Å². The van der Waals surface area contributed by atoms with E-state index in [-0.39, 0.29) is 11.9 Å². The van der Waals surface area contributed by atoms with E-state index in [1.54, 1.807) is 24.3 Å². The molecule has 2 aromatic carbocycles. The van der Waals surface area contributed by atoms with Crippen molar-refractivity contribution in [3.05, 3.63) is 71.0 Å². The molecule has 0 spiro atoms. The number of ether oxygens (including phenoxy) is 1. The topological polar surface area (TPSA) is 95.1 Å². The predicted octanol–water partition coefficient (Wildman–Crippen LogP) is 5.83. The molecule has 0 radical (unpaired) electrons. The lowest BCUT2D eigenvalue weighted by molar-refractivity contribution is -0.111. The van der Waals surface area contributed by atoms with Gasteiger partial charge in [-0.3, -0.25) is 14.5 Å². The number of carbonyl (C=O) groups excluding carboxylic acids is 1. The molecule has 1 saturated carbocycles. The first kappa shape index (κ1) is 28.5. The number of amides is 1. The van der Waals surface area contributed by atoms with E-state index < -0.39 is 0 Å². The van der Waals surface area contributed by atoms with Crippen LogP contribution in [-0.2, 0) is 9.63 Å². The number of piperazine rings is 1. The van der Waals surface area contributed by atoms with E-state index in [9.17, 15) is 4.79 Å². The minimum atomic E-state index is -0.287. The van der Waals surface area contributed by atoms with Crippen molar-refractivity contribution >= 4 is 57.8 Å². The Morgan fingerprint density at radius 2 is 1.90 bits per heavy atom. The number of hydrogen-bond donors (Lipinski definition) is 2. The van der Waals surface area contributed by atoms with Crippen molar-refractivity contribution < 1.29 is 14.4 Å². The van der Waals surface area contributed by atoms with Crippen molar-refractivity contribution in [2.75, 3.05) is 60.5 Å². The number of hydroxylamine groups is 1. The van der Waals surface area contributed by atoms with E-state index in [4.69, 9.17) is 32.8 Å². The van der Waals surface area contributed by atoms with Crippen LogP contribution in [0.1, 0.15) is 30.9 Å². The van der Waals surface area contributed by atoms with Crippen LogP contribution < -0.4 is 25.3 Å². The van der Waals surface area contributed by atoms with Gasteiger partial charge in [-0.1, -0.05) is 41.9 Å². The number of carbonyl (C=O) groups is 1. The smallest absolute Gasteiger partial charge is 0.247 e. The monoisotopic (exact) mass is 609 g/mol. The van der Waals surface area contributed by atoms with Crippen molar-refractivity contribution in [3.8, 4) is 5.75 Å². The molecular formula is C30H33Cl2N7O3. The van der Waals surface area contributed by atoms with Crippen molar-refractivity contribution in [3.63, 3.8) is 0 Å². The Labute approximate surface area is 255 Å². The average Bonchev–Trinajstić information content (AvgIpc) is 3.75. The number of nitrogens with zero attached hydrogens (tertiary/aromatic N) is 5. The van der Waals surface area contributed by atoms with E-state index in [1.165, 1.54) is 25.2 Å². The number of methoxy groups -OCH3 is 1. The molecule has 220 valence electrons. The molecule has 1 unspecified atom stereocenters. The second kappa shape index (κ2) is 12.3. The lowest BCUT2D eigenvalue weighted by Crippen LogP contribution is -2.47. The summed E-state index contributed by atoms with van der Waals surface area (Å²) in [6.07, 6.45) is 6.04. The van der Waals surface area contributed by atoms with Crippen LogP contribution in [0.15, 0.2) is 55.4 Å². The van der Waals surface area contributed by atoms with Crippen molar-refractivity contribution in [1.29, 1.82) is 0 Å². The highest BCUT2D eigenvalue weighted by Crippen LogP contribution is 2.42. The molecule has 1 aliphatic carbocycles. The fourth-order valence-electron chi connectivity index (χ4n) is 5.58. The summed E-state index contributed by atoms with van der Waals surface area (Å²) in [5.41, 5.74) is 3.07. The minimum Gasteiger partial charge on any atom is -0.494 e. The number of aromatic nitrogens is 2. The first-order valence-corrected chi connectivity index (χ1v) is 14.8. The van der Waals surface area contributed by atoms with Crippen molar-refractivity contribution in [1.82, 2.24) is 14.9 Å². The molecule has 2 saturated heterocycles. The molecule has 3 fully saturated rings. The quantitative estimate of drug-likeness (QED) is 0.291. The fourth-order valence-corrected chi connectivity index (χ4v) is 6.01. The largest absolute Gasteiger partial charge is 0.494 e. The summed E-state index contributed by atoms with van der Waals surface area (Å²) < 4.78 is 5.80. The maximum Gasteiger partial charge on any atom is 0.247 e. The summed E-state index contributed by atoms with van der Waals surface area (Å²) in [6, 6.07) is 11.8. The lowest BCUT2D eigenvalue weighted by Gasteiger charge is -2.37. The zero-order chi connectivity index (χ0) is 29.2. The van der Waals surface area contributed by atoms with Crippen LogP contribution in [0.25, 0.3) is 0 Å². The number of anilines is 5. The number of hydrogen-bond acceptors (Lipinski definition) is 9. The summed E-state index contributed by atoms with van der Waals surface area (Å²) in [5.74, 6) is 1.42. The van der Waals surface area contributed by atoms with Gasteiger partial charge in [0.25, 0.3) is 0 Å². The normalized spacial score (nSPS) is 19.1. The van der Waals surface area contributed by atoms with E-state index in [0.717, 1.165) is 49.9 Å². The van der Waals surface area contributed by atoms with Gasteiger partial charge in [0.15, 0.2) is 5.82 Å². The Kier molecular flexibility index (Phi) is 8.39. The molecule has 6 rings (SSSR count). The Morgan fingerprint density at radius 3 is 2.64 bits per heavy atom. The summed E-state index contributed by atoms with van der Waals surface area (Å²) in [4.78, 5) is 32.1. The van der Waals surface area contributed by atoms with E-state index in [1.807, 2.05) is 24.3 Å². The van der Waals surface area contributed by atoms with Crippen molar-refractivity contribution in [2.45, 2.75) is 31.3 Å². The summed E-state index contributed by atoms with van der Waals surface area (Å²) in [5, 5.41) is 9.05. The Hall–Kier alpha value is -3.57. The van der Waals surface area contributed by atoms with Gasteiger partial charge in [-0.2, -0.15) is 0 Å². The molecule has 3 aliphatic rings. The first-order chi connectivity index (χ1) is 20.4. The molecular weight excluding hydrogens is 577 g/mol. The van der Waals surface area contributed by atoms with Crippen LogP contribution >= 0.6 is 23.2 Å². The number of benzene rings is 2. The molecule has 1 aromatic heterocycles. The van der Waals surface area contributed by atoms with E-state index >= 15 is 0 Å². The molecule has 42 heavy (non-hydrogen) atoms. The maximum absolute atomic E-state index is 12.4. The van der Waals surface area contributed by atoms with Gasteiger partial charge in [0, 0.05) is 50.8 Å². The van der Waals surface area contributed by atoms with Gasteiger partial charge < -0.3 is 20.3 Å². The van der Waals surface area contributed by atoms with Gasteiger partial charge in [0.05, 0.1) is 46.9 Å². The van der Waals surface area contributed by atoms with Crippen LogP contribution in [0.2, 0.25) is 10.0 Å². The molecule has 3 heterocycles. The van der Waals surface area contributed by atoms with Crippen LogP contribution in [0.5, 0.6) is 5.75 Å². The molecule has 2 N–H and O–H groups in total. The number of nitrogens with one attached hydrogen (secondary N) is 2. The SMILES string of the molecule is C=CC(=O)Nc1cc(Nc2cc(N3OCCC3c3cccc(Cl)c3Cl)ncn2)c(OC)cc1N1CCN(C2CC2)CC1. The maximum atomic E-state index is 12.4. The highest BCUT2D eigenvalue weighted by atomic mass is 35.5. The first-order valence-electron chi connectivity index (χ1n) is 14.0. The Bertz CT molecular complexity index is 1480. The third-order valence-electron chi connectivity index (χ3n) is 7.87. The van der Waals surface area contributed by atoms with Gasteiger partial charge in [-0.15, -0.1) is 0 Å². The number of rotatable bonds is 9. The molecule has 3 aromatic rings. The fraction of sp³-hybridized carbons (Fsp3) is 0.367. The predicted molar refractivity (Wildman–Crippen MR) is 166 cm³/mol. The summed E-state index contributed by atoms with van der Waals surface area (Å²) >= 11 is 12.8. The zero-order valence-electron chi connectivity index (χ0n) is 23.4. The van der Waals surface area contributed by atoms with Crippen LogP contribution in [0, 0.1) is 0 Å². The average molecular weight is 611 g/mol. The third-order valence-corrected chi connectivity index (χ3v) is 8.70. The number of halogens is 2. The zero-order valence-corrected chi connectivity index (χ0v) is 24.9. The lowest BCUT2D eigenvalue weighted by atomic mass is 10.0. The second-order valence-electron chi connectivity index (χ2n) is 10.5. The highest BCUT2D eigenvalue weighted by molar-refractivity contribution is 6.42. The van der Waals surface area contributed by atoms with Gasteiger partial charge in [-0.25, -0.2) is 15.0 Å². The molecule has 1 amide bonds. The van der Waals surface area contributed by atoms with Gasteiger partial charge in [0.1, 0.15) is 17.9 Å². The summed E-state index contributed by atoms with van der Waals surface area (Å²) in [7, 11) is 1.63. The Balaban J connectivity index is 1.27.